The lowest BCUT2D eigenvalue weighted by atomic mass is 10.1. The maximum Gasteiger partial charge on any atom is 0.246 e. The molecule has 0 unspecified atom stereocenters. The molecule has 130 valence electrons. The number of benzene rings is 1. The molecule has 1 aliphatic rings. The Morgan fingerprint density at radius 1 is 1.08 bits per heavy atom. The first-order chi connectivity index (χ1) is 11.4. The fourth-order valence-electron chi connectivity index (χ4n) is 3.13. The zero-order valence-corrected chi connectivity index (χ0v) is 15.3. The molecule has 2 aromatic rings. The molecule has 0 amide bonds. The molecule has 0 saturated carbocycles. The molecule has 6 nitrogen and oxygen atoms in total. The first kappa shape index (κ1) is 17.1. The number of rotatable bonds is 4. The van der Waals surface area contributed by atoms with Gasteiger partial charge in [0, 0.05) is 46.0 Å². The van der Waals surface area contributed by atoms with E-state index in [2.05, 4.69) is 29.1 Å². The highest BCUT2D eigenvalue weighted by molar-refractivity contribution is 7.89. The standard InChI is InChI=1S/C17H24N4O2S/c1-14-6-4-5-7-16(14)12-20-8-10-21(11-9-20)24(22,23)17-13-19(3)18-15(17)2/h4-7,13H,8-12H2,1-3H3. The van der Waals surface area contributed by atoms with Crippen LogP contribution in [-0.4, -0.2) is 53.6 Å². The van der Waals surface area contributed by atoms with Crippen LogP contribution in [0.4, 0.5) is 0 Å². The molecule has 7 heteroatoms. The molecule has 1 fully saturated rings. The van der Waals surface area contributed by atoms with Gasteiger partial charge in [0.05, 0.1) is 5.69 Å². The zero-order chi connectivity index (χ0) is 17.3. The van der Waals surface area contributed by atoms with E-state index in [1.807, 2.05) is 12.1 Å². The number of aryl methyl sites for hydroxylation is 3. The molecule has 1 saturated heterocycles. The first-order valence-electron chi connectivity index (χ1n) is 8.15. The monoisotopic (exact) mass is 348 g/mol. The number of hydrogen-bond acceptors (Lipinski definition) is 4. The third-order valence-electron chi connectivity index (χ3n) is 4.57. The van der Waals surface area contributed by atoms with Gasteiger partial charge < -0.3 is 0 Å². The highest BCUT2D eigenvalue weighted by Crippen LogP contribution is 2.21. The van der Waals surface area contributed by atoms with E-state index in [0.29, 0.717) is 23.7 Å². The quantitative estimate of drug-likeness (QED) is 0.841. The topological polar surface area (TPSA) is 58.4 Å². The Kier molecular flexibility index (Phi) is 4.76. The number of nitrogens with zero attached hydrogens (tertiary/aromatic N) is 4. The summed E-state index contributed by atoms with van der Waals surface area (Å²) in [5, 5.41) is 4.15. The van der Waals surface area contributed by atoms with Gasteiger partial charge >= 0.3 is 0 Å². The van der Waals surface area contributed by atoms with Crippen molar-refractivity contribution in [2.75, 3.05) is 26.2 Å². The van der Waals surface area contributed by atoms with Crippen molar-refractivity contribution in [3.05, 3.63) is 47.3 Å². The first-order valence-corrected chi connectivity index (χ1v) is 9.59. The SMILES string of the molecule is Cc1ccccc1CN1CCN(S(=O)(=O)c2cn(C)nc2C)CC1. The second-order valence-corrected chi connectivity index (χ2v) is 8.27. The van der Waals surface area contributed by atoms with Crippen LogP contribution in [0.15, 0.2) is 35.4 Å². The molecule has 1 aromatic carbocycles. The van der Waals surface area contributed by atoms with Crippen LogP contribution in [0.1, 0.15) is 16.8 Å². The Labute approximate surface area is 143 Å². The van der Waals surface area contributed by atoms with Gasteiger partial charge in [-0.2, -0.15) is 9.40 Å². The van der Waals surface area contributed by atoms with Crippen molar-refractivity contribution >= 4 is 10.0 Å². The van der Waals surface area contributed by atoms with Gasteiger partial charge in [0.25, 0.3) is 0 Å². The Bertz CT molecular complexity index is 821. The Morgan fingerprint density at radius 3 is 2.33 bits per heavy atom. The van der Waals surface area contributed by atoms with E-state index in [4.69, 9.17) is 0 Å². The van der Waals surface area contributed by atoms with Crippen LogP contribution >= 0.6 is 0 Å². The fourth-order valence-corrected chi connectivity index (χ4v) is 4.75. The average Bonchev–Trinajstić information content (AvgIpc) is 2.89. The number of hydrogen-bond donors (Lipinski definition) is 0. The average molecular weight is 348 g/mol. The molecule has 0 spiro atoms. The summed E-state index contributed by atoms with van der Waals surface area (Å²) in [5.74, 6) is 0. The molecule has 0 radical (unpaired) electrons. The van der Waals surface area contributed by atoms with Crippen molar-refractivity contribution in [3.8, 4) is 0 Å². The number of aromatic nitrogens is 2. The summed E-state index contributed by atoms with van der Waals surface area (Å²) in [5.41, 5.74) is 3.13. The molecule has 0 atom stereocenters. The summed E-state index contributed by atoms with van der Waals surface area (Å²) in [4.78, 5) is 2.63. The summed E-state index contributed by atoms with van der Waals surface area (Å²) in [6, 6.07) is 8.34. The van der Waals surface area contributed by atoms with Crippen molar-refractivity contribution in [1.29, 1.82) is 0 Å². The molecule has 24 heavy (non-hydrogen) atoms. The van der Waals surface area contributed by atoms with E-state index < -0.39 is 10.0 Å². The van der Waals surface area contributed by atoms with Gasteiger partial charge in [-0.25, -0.2) is 8.42 Å². The molecule has 0 N–H and O–H groups in total. The van der Waals surface area contributed by atoms with E-state index in [1.165, 1.54) is 11.1 Å². The Hall–Kier alpha value is -1.70. The molecular weight excluding hydrogens is 324 g/mol. The van der Waals surface area contributed by atoms with E-state index >= 15 is 0 Å². The highest BCUT2D eigenvalue weighted by Gasteiger charge is 2.31. The smallest absolute Gasteiger partial charge is 0.246 e. The van der Waals surface area contributed by atoms with Crippen LogP contribution in [0.3, 0.4) is 0 Å². The van der Waals surface area contributed by atoms with Gasteiger partial charge in [0.2, 0.25) is 10.0 Å². The third kappa shape index (κ3) is 3.38. The Morgan fingerprint density at radius 2 is 1.75 bits per heavy atom. The molecule has 1 aliphatic heterocycles. The van der Waals surface area contributed by atoms with E-state index in [9.17, 15) is 8.42 Å². The molecule has 1 aromatic heterocycles. The minimum Gasteiger partial charge on any atom is -0.296 e. The van der Waals surface area contributed by atoms with Crippen molar-refractivity contribution in [2.24, 2.45) is 7.05 Å². The number of sulfonamides is 1. The maximum absolute atomic E-state index is 12.8. The zero-order valence-electron chi connectivity index (χ0n) is 14.4. The van der Waals surface area contributed by atoms with E-state index in [0.717, 1.165) is 19.6 Å². The fraction of sp³-hybridized carbons (Fsp3) is 0.471. The summed E-state index contributed by atoms with van der Waals surface area (Å²) >= 11 is 0. The van der Waals surface area contributed by atoms with Crippen LogP contribution in [-0.2, 0) is 23.6 Å². The minimum atomic E-state index is -3.45. The molecule has 0 aliphatic carbocycles. The van der Waals surface area contributed by atoms with Crippen molar-refractivity contribution in [3.63, 3.8) is 0 Å². The summed E-state index contributed by atoms with van der Waals surface area (Å²) < 4.78 is 28.7. The minimum absolute atomic E-state index is 0.317. The van der Waals surface area contributed by atoms with Crippen LogP contribution in [0.5, 0.6) is 0 Å². The largest absolute Gasteiger partial charge is 0.296 e. The van der Waals surface area contributed by atoms with Crippen molar-refractivity contribution in [1.82, 2.24) is 19.0 Å². The van der Waals surface area contributed by atoms with Gasteiger partial charge in [-0.3, -0.25) is 9.58 Å². The Balaban J connectivity index is 1.67. The van der Waals surface area contributed by atoms with Crippen LogP contribution in [0, 0.1) is 13.8 Å². The van der Waals surface area contributed by atoms with Crippen LogP contribution < -0.4 is 0 Å². The summed E-state index contributed by atoms with van der Waals surface area (Å²) in [6.45, 7) is 7.24. The lowest BCUT2D eigenvalue weighted by molar-refractivity contribution is 0.181. The predicted octanol–water partition coefficient (Wildman–Crippen LogP) is 1.54. The second-order valence-electron chi connectivity index (χ2n) is 6.36. The molecule has 2 heterocycles. The van der Waals surface area contributed by atoms with Gasteiger partial charge in [-0.05, 0) is 25.0 Å². The van der Waals surface area contributed by atoms with E-state index in [-0.39, 0.29) is 0 Å². The lowest BCUT2D eigenvalue weighted by Gasteiger charge is -2.34. The van der Waals surface area contributed by atoms with Gasteiger partial charge in [0.1, 0.15) is 4.90 Å². The maximum atomic E-state index is 12.8. The molecule has 3 rings (SSSR count). The normalized spacial score (nSPS) is 17.3. The number of piperazine rings is 1. The molecule has 0 bridgehead atoms. The van der Waals surface area contributed by atoms with Gasteiger partial charge in [-0.1, -0.05) is 24.3 Å². The van der Waals surface area contributed by atoms with Crippen molar-refractivity contribution in [2.45, 2.75) is 25.3 Å². The summed E-state index contributed by atoms with van der Waals surface area (Å²) in [6.07, 6.45) is 1.59. The molecular formula is C17H24N4O2S. The third-order valence-corrected chi connectivity index (χ3v) is 6.57. The van der Waals surface area contributed by atoms with Crippen LogP contribution in [0.2, 0.25) is 0 Å². The lowest BCUT2D eigenvalue weighted by Crippen LogP contribution is -2.48. The van der Waals surface area contributed by atoms with Gasteiger partial charge in [-0.15, -0.1) is 0 Å². The summed E-state index contributed by atoms with van der Waals surface area (Å²) in [7, 11) is -1.71. The highest BCUT2D eigenvalue weighted by atomic mass is 32.2. The van der Waals surface area contributed by atoms with Crippen LogP contribution in [0.25, 0.3) is 0 Å². The van der Waals surface area contributed by atoms with Crippen molar-refractivity contribution < 1.29 is 8.42 Å². The van der Waals surface area contributed by atoms with Gasteiger partial charge in [0.15, 0.2) is 0 Å². The van der Waals surface area contributed by atoms with E-state index in [1.54, 1.807) is 29.2 Å². The predicted molar refractivity (Wildman–Crippen MR) is 93.2 cm³/mol. The second kappa shape index (κ2) is 6.66.